The van der Waals surface area contributed by atoms with E-state index in [0.29, 0.717) is 0 Å². The van der Waals surface area contributed by atoms with Crippen LogP contribution in [0.25, 0.3) is 0 Å². The molecule has 0 N–H and O–H groups in total. The van der Waals surface area contributed by atoms with Crippen molar-refractivity contribution in [2.75, 3.05) is 23.0 Å². The number of ether oxygens (including phenoxy) is 2. The van der Waals surface area contributed by atoms with E-state index in [0.717, 1.165) is 95.4 Å². The summed E-state index contributed by atoms with van der Waals surface area (Å²) in [6.45, 7) is 24.0. The Balaban J connectivity index is 0.000000244. The lowest BCUT2D eigenvalue weighted by molar-refractivity contribution is 0.267. The zero-order valence-corrected chi connectivity index (χ0v) is 40.9. The maximum atomic E-state index is 6.12. The molecule has 6 aromatic rings. The molecule has 4 heteroatoms. The molecule has 0 aliphatic carbocycles. The highest BCUT2D eigenvalue weighted by Crippen LogP contribution is 2.39. The minimum absolute atomic E-state index is 0.732. The van der Waals surface area contributed by atoms with Crippen LogP contribution in [0.3, 0.4) is 0 Å². The standard InChI is InChI=1S/C32H28N2.C28H50O2/c1-25-13-17-29(18-14-25)34(30-19-15-26(2)16-20-30)32-23-21-31(22-24-32)33(27-9-5-3-6-10-27)28-11-7-4-8-12-28;1-21(2)11-9-13-23(5)15-17-29-27-19-26(8)28(20-25(27)7)30-18-16-24(6)14-10-12-22(3)4/h3-24H,1-2H3;19-24H,9-18H2,1-8H3. The van der Waals surface area contributed by atoms with Crippen LogP contribution < -0.4 is 19.3 Å². The quantitative estimate of drug-likeness (QED) is 0.0679. The van der Waals surface area contributed by atoms with E-state index < -0.39 is 0 Å². The van der Waals surface area contributed by atoms with Gasteiger partial charge in [0.1, 0.15) is 11.5 Å². The van der Waals surface area contributed by atoms with Crippen molar-refractivity contribution in [3.8, 4) is 11.5 Å². The molecule has 2 unspecified atom stereocenters. The summed E-state index contributed by atoms with van der Waals surface area (Å²) < 4.78 is 12.2. The summed E-state index contributed by atoms with van der Waals surface area (Å²) in [6.07, 6.45) is 10.2. The fourth-order valence-corrected chi connectivity index (χ4v) is 8.04. The summed E-state index contributed by atoms with van der Waals surface area (Å²) in [5, 5.41) is 0. The third kappa shape index (κ3) is 15.9. The SMILES string of the molecule is Cc1cc(OCCC(C)CCCC(C)C)c(C)cc1OCCC(C)CCCC(C)C.Cc1ccc(N(c2ccc(C)cc2)c2ccc(N(c3ccccc3)c3ccccc3)cc2)cc1. The smallest absolute Gasteiger partial charge is 0.122 e. The molecule has 0 fully saturated rings. The predicted octanol–water partition coefficient (Wildman–Crippen LogP) is 18.0. The van der Waals surface area contributed by atoms with E-state index in [4.69, 9.17) is 9.47 Å². The van der Waals surface area contributed by atoms with Crippen LogP contribution in [0.15, 0.2) is 146 Å². The molecule has 0 amide bonds. The first-order chi connectivity index (χ1) is 30.9. The van der Waals surface area contributed by atoms with Crippen LogP contribution >= 0.6 is 0 Å². The second-order valence-corrected chi connectivity index (χ2v) is 19.0. The van der Waals surface area contributed by atoms with Crippen molar-refractivity contribution < 1.29 is 9.47 Å². The third-order valence-electron chi connectivity index (χ3n) is 12.1. The van der Waals surface area contributed by atoms with Crippen LogP contribution in [0.2, 0.25) is 0 Å². The first-order valence-corrected chi connectivity index (χ1v) is 24.2. The lowest BCUT2D eigenvalue weighted by atomic mass is 9.97. The largest absolute Gasteiger partial charge is 0.493 e. The van der Waals surface area contributed by atoms with Crippen LogP contribution in [0.4, 0.5) is 34.1 Å². The Kier molecular flexibility index (Phi) is 19.9. The van der Waals surface area contributed by atoms with Crippen molar-refractivity contribution in [3.05, 3.63) is 168 Å². The van der Waals surface area contributed by atoms with Gasteiger partial charge in [-0.15, -0.1) is 0 Å². The minimum Gasteiger partial charge on any atom is -0.493 e. The number of aryl methyl sites for hydroxylation is 4. The molecular weight excluding hydrogens is 781 g/mol. The van der Waals surface area contributed by atoms with Crippen molar-refractivity contribution in [1.82, 2.24) is 0 Å². The average Bonchev–Trinajstić information content (AvgIpc) is 3.28. The van der Waals surface area contributed by atoms with Crippen LogP contribution in [0.1, 0.15) is 115 Å². The lowest BCUT2D eigenvalue weighted by Gasteiger charge is -2.28. The van der Waals surface area contributed by atoms with Gasteiger partial charge < -0.3 is 19.3 Å². The van der Waals surface area contributed by atoms with Gasteiger partial charge in [0.05, 0.1) is 13.2 Å². The lowest BCUT2D eigenvalue weighted by Crippen LogP contribution is -2.12. The summed E-state index contributed by atoms with van der Waals surface area (Å²) in [4.78, 5) is 4.59. The predicted molar refractivity (Wildman–Crippen MR) is 277 cm³/mol. The topological polar surface area (TPSA) is 24.9 Å². The van der Waals surface area contributed by atoms with Gasteiger partial charge in [-0.2, -0.15) is 0 Å². The van der Waals surface area contributed by atoms with E-state index in [1.165, 1.54) is 60.8 Å². The van der Waals surface area contributed by atoms with E-state index >= 15 is 0 Å². The maximum Gasteiger partial charge on any atom is 0.122 e. The number of anilines is 6. The molecule has 0 spiro atoms. The molecule has 0 radical (unpaired) electrons. The van der Waals surface area contributed by atoms with E-state index in [1.54, 1.807) is 0 Å². The first kappa shape index (κ1) is 49.5. The van der Waals surface area contributed by atoms with Crippen molar-refractivity contribution in [2.45, 2.75) is 121 Å². The molecule has 0 aliphatic heterocycles. The molecule has 340 valence electrons. The van der Waals surface area contributed by atoms with Gasteiger partial charge in [-0.3, -0.25) is 0 Å². The van der Waals surface area contributed by atoms with E-state index in [1.807, 2.05) is 0 Å². The summed E-state index contributed by atoms with van der Waals surface area (Å²) in [5.74, 6) is 5.11. The van der Waals surface area contributed by atoms with Crippen molar-refractivity contribution in [3.63, 3.8) is 0 Å². The van der Waals surface area contributed by atoms with Gasteiger partial charge in [0.25, 0.3) is 0 Å². The second kappa shape index (κ2) is 25.7. The number of hydrogen-bond donors (Lipinski definition) is 0. The summed E-state index contributed by atoms with van der Waals surface area (Å²) in [7, 11) is 0. The Morgan fingerprint density at radius 2 is 0.656 bits per heavy atom. The molecule has 0 saturated heterocycles. The van der Waals surface area contributed by atoms with E-state index in [2.05, 4.69) is 225 Å². The Hall–Kier alpha value is -5.48. The molecule has 2 atom stereocenters. The van der Waals surface area contributed by atoms with Crippen molar-refractivity contribution in [1.29, 1.82) is 0 Å². The Bertz CT molecular complexity index is 2060. The minimum atomic E-state index is 0.732. The van der Waals surface area contributed by atoms with Gasteiger partial charge in [0.2, 0.25) is 0 Å². The van der Waals surface area contributed by atoms with Crippen LogP contribution in [0, 0.1) is 51.4 Å². The second-order valence-electron chi connectivity index (χ2n) is 19.0. The molecule has 6 aromatic carbocycles. The van der Waals surface area contributed by atoms with Crippen molar-refractivity contribution >= 4 is 34.1 Å². The average molecular weight is 859 g/mol. The Morgan fingerprint density at radius 1 is 0.359 bits per heavy atom. The number of para-hydroxylation sites is 2. The molecule has 0 aromatic heterocycles. The maximum absolute atomic E-state index is 6.12. The Labute approximate surface area is 388 Å². The monoisotopic (exact) mass is 859 g/mol. The highest BCUT2D eigenvalue weighted by atomic mass is 16.5. The van der Waals surface area contributed by atoms with Crippen LogP contribution in [-0.2, 0) is 0 Å². The molecule has 4 nitrogen and oxygen atoms in total. The van der Waals surface area contributed by atoms with E-state index in [-0.39, 0.29) is 0 Å². The number of nitrogens with zero attached hydrogens (tertiary/aromatic N) is 2. The van der Waals surface area contributed by atoms with Gasteiger partial charge >= 0.3 is 0 Å². The van der Waals surface area contributed by atoms with Crippen LogP contribution in [0.5, 0.6) is 11.5 Å². The van der Waals surface area contributed by atoms with Crippen molar-refractivity contribution in [2.24, 2.45) is 23.7 Å². The fraction of sp³-hybridized carbons (Fsp3) is 0.400. The highest BCUT2D eigenvalue weighted by molar-refractivity contribution is 5.81. The zero-order valence-electron chi connectivity index (χ0n) is 40.9. The molecular formula is C60H78N2O2. The third-order valence-corrected chi connectivity index (χ3v) is 12.1. The number of hydrogen-bond acceptors (Lipinski definition) is 4. The van der Waals surface area contributed by atoms with Gasteiger partial charge in [-0.1, -0.05) is 152 Å². The van der Waals surface area contributed by atoms with E-state index in [9.17, 15) is 0 Å². The highest BCUT2D eigenvalue weighted by Gasteiger charge is 2.16. The summed E-state index contributed by atoms with van der Waals surface area (Å²) >= 11 is 0. The van der Waals surface area contributed by atoms with Crippen LogP contribution in [-0.4, -0.2) is 13.2 Å². The number of benzene rings is 6. The van der Waals surface area contributed by atoms with Gasteiger partial charge in [0, 0.05) is 34.1 Å². The summed E-state index contributed by atoms with van der Waals surface area (Å²) in [5.41, 5.74) is 11.7. The van der Waals surface area contributed by atoms with Gasteiger partial charge in [0.15, 0.2) is 0 Å². The molecule has 6 rings (SSSR count). The Morgan fingerprint density at radius 3 is 0.969 bits per heavy atom. The molecule has 0 bridgehead atoms. The fourth-order valence-electron chi connectivity index (χ4n) is 8.04. The summed E-state index contributed by atoms with van der Waals surface area (Å²) in [6, 6.07) is 51.5. The molecule has 0 heterocycles. The molecule has 64 heavy (non-hydrogen) atoms. The van der Waals surface area contributed by atoms with Gasteiger partial charge in [-0.25, -0.2) is 0 Å². The normalized spacial score (nSPS) is 12.1. The zero-order chi connectivity index (χ0) is 45.8. The first-order valence-electron chi connectivity index (χ1n) is 24.2. The van der Waals surface area contributed by atoms with Gasteiger partial charge in [-0.05, 0) is 160 Å². The number of rotatable bonds is 22. The molecule has 0 aliphatic rings. The molecule has 0 saturated carbocycles.